The van der Waals surface area contributed by atoms with E-state index in [4.69, 9.17) is 10.5 Å². The van der Waals surface area contributed by atoms with E-state index in [1.807, 2.05) is 6.07 Å². The highest BCUT2D eigenvalue weighted by Crippen LogP contribution is 2.18. The molecule has 0 amide bonds. The Morgan fingerprint density at radius 1 is 1.71 bits per heavy atom. The predicted octanol–water partition coefficient (Wildman–Crippen LogP) is 0.693. The molecule has 4 nitrogen and oxygen atoms in total. The Bertz CT molecular complexity index is 327. The number of aromatic amines is 1. The second-order valence-corrected chi connectivity index (χ2v) is 3.54. The van der Waals surface area contributed by atoms with E-state index in [0.29, 0.717) is 19.8 Å². The van der Waals surface area contributed by atoms with Gasteiger partial charge in [0.15, 0.2) is 5.78 Å². The van der Waals surface area contributed by atoms with E-state index in [2.05, 4.69) is 4.98 Å². The number of Topliss-reactive ketones (excluding diaryl/α,β-unsaturated/α-hetero) is 1. The molecule has 2 rings (SSSR count). The Labute approximate surface area is 82.4 Å². The number of ether oxygens (including phenoxy) is 1. The van der Waals surface area contributed by atoms with Crippen LogP contribution in [0.15, 0.2) is 12.3 Å². The van der Waals surface area contributed by atoms with Crippen LogP contribution >= 0.6 is 0 Å². The van der Waals surface area contributed by atoms with E-state index < -0.39 is 0 Å². The molecule has 1 atom stereocenters. The minimum absolute atomic E-state index is 0.0384. The molecule has 3 N–H and O–H groups in total. The summed E-state index contributed by atoms with van der Waals surface area (Å²) in [5.74, 6) is 0.204. The number of hydrogen-bond donors (Lipinski definition) is 2. The largest absolute Gasteiger partial charge is 0.381 e. The summed E-state index contributed by atoms with van der Waals surface area (Å²) in [6.45, 7) is 1.70. The highest BCUT2D eigenvalue weighted by molar-refractivity contribution is 5.98. The van der Waals surface area contributed by atoms with Crippen molar-refractivity contribution < 1.29 is 9.53 Å². The first-order valence-electron chi connectivity index (χ1n) is 4.80. The lowest BCUT2D eigenvalue weighted by atomic mass is 9.99. The first-order chi connectivity index (χ1) is 6.81. The molecule has 2 heterocycles. The monoisotopic (exact) mass is 194 g/mol. The SMILES string of the molecule is NCc1cc(C(=O)C2CCOC2)c[nH]1. The summed E-state index contributed by atoms with van der Waals surface area (Å²) in [6.07, 6.45) is 2.56. The van der Waals surface area contributed by atoms with Crippen LogP contribution < -0.4 is 5.73 Å². The molecule has 1 aliphatic heterocycles. The van der Waals surface area contributed by atoms with Crippen LogP contribution in [0.5, 0.6) is 0 Å². The molecule has 1 fully saturated rings. The van der Waals surface area contributed by atoms with E-state index in [1.54, 1.807) is 6.20 Å². The minimum Gasteiger partial charge on any atom is -0.381 e. The van der Waals surface area contributed by atoms with E-state index in [0.717, 1.165) is 17.7 Å². The second-order valence-electron chi connectivity index (χ2n) is 3.54. The topological polar surface area (TPSA) is 68.1 Å². The first kappa shape index (κ1) is 9.43. The van der Waals surface area contributed by atoms with Gasteiger partial charge in [0.2, 0.25) is 0 Å². The molecule has 1 aromatic heterocycles. The highest BCUT2D eigenvalue weighted by atomic mass is 16.5. The molecule has 0 aromatic carbocycles. The maximum absolute atomic E-state index is 11.8. The Morgan fingerprint density at radius 3 is 3.14 bits per heavy atom. The van der Waals surface area contributed by atoms with Crippen LogP contribution in [-0.2, 0) is 11.3 Å². The molecule has 0 aliphatic carbocycles. The van der Waals surface area contributed by atoms with Crippen LogP contribution in [0.4, 0.5) is 0 Å². The maximum atomic E-state index is 11.8. The molecule has 0 spiro atoms. The van der Waals surface area contributed by atoms with Gasteiger partial charge in [-0.05, 0) is 12.5 Å². The van der Waals surface area contributed by atoms with Gasteiger partial charge in [0.05, 0.1) is 6.61 Å². The third kappa shape index (κ3) is 1.71. The Balaban J connectivity index is 2.09. The van der Waals surface area contributed by atoms with Crippen molar-refractivity contribution >= 4 is 5.78 Å². The van der Waals surface area contributed by atoms with Crippen LogP contribution in [0.3, 0.4) is 0 Å². The fourth-order valence-corrected chi connectivity index (χ4v) is 1.68. The van der Waals surface area contributed by atoms with E-state index in [1.165, 1.54) is 0 Å². The number of carbonyl (C=O) groups is 1. The van der Waals surface area contributed by atoms with E-state index in [-0.39, 0.29) is 11.7 Å². The fourth-order valence-electron chi connectivity index (χ4n) is 1.68. The molecular formula is C10H14N2O2. The Kier molecular flexibility index (Phi) is 2.65. The molecule has 1 unspecified atom stereocenters. The van der Waals surface area contributed by atoms with Gasteiger partial charge in [-0.2, -0.15) is 0 Å². The minimum atomic E-state index is 0.0384. The van der Waals surface area contributed by atoms with Crippen molar-refractivity contribution in [1.82, 2.24) is 4.98 Å². The summed E-state index contributed by atoms with van der Waals surface area (Å²) in [6, 6.07) is 1.82. The van der Waals surface area contributed by atoms with Gasteiger partial charge >= 0.3 is 0 Å². The molecule has 0 saturated carbocycles. The summed E-state index contributed by atoms with van der Waals surface area (Å²) >= 11 is 0. The number of rotatable bonds is 3. The Hall–Kier alpha value is -1.13. The van der Waals surface area contributed by atoms with E-state index >= 15 is 0 Å². The predicted molar refractivity (Wildman–Crippen MR) is 51.9 cm³/mol. The molecular weight excluding hydrogens is 180 g/mol. The average molecular weight is 194 g/mol. The normalized spacial score (nSPS) is 21.4. The number of nitrogens with two attached hydrogens (primary N) is 1. The maximum Gasteiger partial charge on any atom is 0.169 e. The number of ketones is 1. The summed E-state index contributed by atoms with van der Waals surface area (Å²) in [4.78, 5) is 14.8. The van der Waals surface area contributed by atoms with Gasteiger partial charge in [-0.25, -0.2) is 0 Å². The smallest absolute Gasteiger partial charge is 0.169 e. The van der Waals surface area contributed by atoms with Crippen LogP contribution in [0, 0.1) is 5.92 Å². The molecule has 1 aromatic rings. The number of H-pyrrole nitrogens is 1. The second kappa shape index (κ2) is 3.94. The van der Waals surface area contributed by atoms with Crippen molar-refractivity contribution in [2.24, 2.45) is 11.7 Å². The van der Waals surface area contributed by atoms with Crippen molar-refractivity contribution in [1.29, 1.82) is 0 Å². The lowest BCUT2D eigenvalue weighted by Crippen LogP contribution is -2.13. The fraction of sp³-hybridized carbons (Fsp3) is 0.500. The zero-order valence-corrected chi connectivity index (χ0v) is 7.95. The van der Waals surface area contributed by atoms with Gasteiger partial charge in [-0.15, -0.1) is 0 Å². The van der Waals surface area contributed by atoms with Gasteiger partial charge in [0.1, 0.15) is 0 Å². The average Bonchev–Trinajstić information content (AvgIpc) is 2.88. The van der Waals surface area contributed by atoms with Gasteiger partial charge < -0.3 is 15.5 Å². The van der Waals surface area contributed by atoms with Crippen molar-refractivity contribution in [2.45, 2.75) is 13.0 Å². The summed E-state index contributed by atoms with van der Waals surface area (Å²) in [5, 5.41) is 0. The zero-order chi connectivity index (χ0) is 9.97. The summed E-state index contributed by atoms with van der Waals surface area (Å²) in [5.41, 5.74) is 7.07. The van der Waals surface area contributed by atoms with Crippen molar-refractivity contribution in [3.8, 4) is 0 Å². The highest BCUT2D eigenvalue weighted by Gasteiger charge is 2.24. The van der Waals surface area contributed by atoms with Crippen molar-refractivity contribution in [2.75, 3.05) is 13.2 Å². The molecule has 14 heavy (non-hydrogen) atoms. The van der Waals surface area contributed by atoms with E-state index in [9.17, 15) is 4.79 Å². The van der Waals surface area contributed by atoms with Gasteiger partial charge in [-0.1, -0.05) is 0 Å². The van der Waals surface area contributed by atoms with Gasteiger partial charge in [0, 0.05) is 36.5 Å². The van der Waals surface area contributed by atoms with Gasteiger partial charge in [0.25, 0.3) is 0 Å². The number of nitrogens with one attached hydrogen (secondary N) is 1. The molecule has 76 valence electrons. The quantitative estimate of drug-likeness (QED) is 0.696. The first-order valence-corrected chi connectivity index (χ1v) is 4.80. The van der Waals surface area contributed by atoms with Crippen LogP contribution in [0.1, 0.15) is 22.5 Å². The third-order valence-electron chi connectivity index (χ3n) is 2.55. The standard InChI is InChI=1S/C10H14N2O2/c11-4-9-3-8(5-12-9)10(13)7-1-2-14-6-7/h3,5,7,12H,1-2,4,6,11H2. The van der Waals surface area contributed by atoms with Gasteiger partial charge in [-0.3, -0.25) is 4.79 Å². The van der Waals surface area contributed by atoms with Crippen LogP contribution in [-0.4, -0.2) is 24.0 Å². The van der Waals surface area contributed by atoms with Crippen molar-refractivity contribution in [3.63, 3.8) is 0 Å². The molecule has 1 aliphatic rings. The zero-order valence-electron chi connectivity index (χ0n) is 7.95. The molecule has 0 radical (unpaired) electrons. The number of aromatic nitrogens is 1. The number of hydrogen-bond acceptors (Lipinski definition) is 3. The van der Waals surface area contributed by atoms with Crippen LogP contribution in [0.25, 0.3) is 0 Å². The molecule has 0 bridgehead atoms. The van der Waals surface area contributed by atoms with Crippen LogP contribution in [0.2, 0.25) is 0 Å². The molecule has 1 saturated heterocycles. The Morgan fingerprint density at radius 2 is 2.57 bits per heavy atom. The lowest BCUT2D eigenvalue weighted by Gasteiger charge is -2.02. The van der Waals surface area contributed by atoms with Crippen molar-refractivity contribution in [3.05, 3.63) is 23.5 Å². The summed E-state index contributed by atoms with van der Waals surface area (Å²) < 4.78 is 5.18. The summed E-state index contributed by atoms with van der Waals surface area (Å²) in [7, 11) is 0. The number of carbonyl (C=O) groups excluding carboxylic acids is 1. The third-order valence-corrected chi connectivity index (χ3v) is 2.55. The lowest BCUT2D eigenvalue weighted by molar-refractivity contribution is 0.0900. The molecule has 4 heteroatoms.